The van der Waals surface area contributed by atoms with Crippen molar-refractivity contribution in [2.24, 2.45) is 17.3 Å². The van der Waals surface area contributed by atoms with Crippen LogP contribution in [0.2, 0.25) is 0 Å². The highest BCUT2D eigenvalue weighted by atomic mass is 32.3. The molecule has 0 bridgehead atoms. The van der Waals surface area contributed by atoms with E-state index < -0.39 is 10.4 Å². The van der Waals surface area contributed by atoms with E-state index in [1.807, 2.05) is 25.4 Å². The fraction of sp³-hybridized carbons (Fsp3) is 0.375. The fourth-order valence-corrected chi connectivity index (χ4v) is 2.58. The van der Waals surface area contributed by atoms with Crippen molar-refractivity contribution in [3.05, 3.63) is 42.2 Å². The van der Waals surface area contributed by atoms with Gasteiger partial charge < -0.3 is 9.12 Å². The Labute approximate surface area is 153 Å². The second-order valence-electron chi connectivity index (χ2n) is 5.89. The summed E-state index contributed by atoms with van der Waals surface area (Å²) >= 11 is 0. The van der Waals surface area contributed by atoms with Crippen LogP contribution in [0.1, 0.15) is 6.92 Å². The number of quaternary nitrogens is 1. The third-order valence-corrected chi connectivity index (χ3v) is 4.66. The predicted octanol–water partition coefficient (Wildman–Crippen LogP) is 0.960. The molecular weight excluding hydrogens is 358 g/mol. The molecule has 0 amide bonds. The molecule has 3 rings (SSSR count). The van der Waals surface area contributed by atoms with E-state index >= 15 is 0 Å². The van der Waals surface area contributed by atoms with Crippen molar-refractivity contribution in [3.63, 3.8) is 0 Å². The van der Waals surface area contributed by atoms with Crippen LogP contribution in [0.15, 0.2) is 52.5 Å². The molecule has 0 aliphatic carbocycles. The average Bonchev–Trinajstić information content (AvgIpc) is 3.05. The van der Waals surface area contributed by atoms with Crippen LogP contribution in [-0.2, 0) is 21.6 Å². The van der Waals surface area contributed by atoms with Gasteiger partial charge in [0.05, 0.1) is 32.4 Å². The van der Waals surface area contributed by atoms with Crippen molar-refractivity contribution in [1.82, 2.24) is 9.58 Å². The van der Waals surface area contributed by atoms with Gasteiger partial charge in [-0.2, -0.15) is 0 Å². The maximum atomic E-state index is 9.22. The zero-order valence-electron chi connectivity index (χ0n) is 15.4. The summed E-state index contributed by atoms with van der Waals surface area (Å²) in [5.74, 6) is 0. The Hall–Kier alpha value is -2.27. The van der Waals surface area contributed by atoms with Gasteiger partial charge in [-0.05, 0) is 13.0 Å². The number of rotatable bonds is 3. The lowest BCUT2D eigenvalue weighted by Gasteiger charge is -2.21. The van der Waals surface area contributed by atoms with Crippen LogP contribution in [-0.4, -0.2) is 49.9 Å². The van der Waals surface area contributed by atoms with Crippen LogP contribution in [0.5, 0.6) is 0 Å². The molecule has 1 aromatic heterocycles. The van der Waals surface area contributed by atoms with Crippen LogP contribution in [0.25, 0.3) is 10.9 Å². The summed E-state index contributed by atoms with van der Waals surface area (Å²) < 4.78 is 33.1. The number of azo groups is 1. The molecule has 2 atom stereocenters. The summed E-state index contributed by atoms with van der Waals surface area (Å²) in [4.78, 5) is 0. The van der Waals surface area contributed by atoms with E-state index in [0.29, 0.717) is 0 Å². The molecule has 1 aliphatic heterocycles. The molecule has 2 heterocycles. The number of aryl methyl sites for hydroxylation is 1. The van der Waals surface area contributed by atoms with Crippen LogP contribution < -0.4 is 5.01 Å². The maximum absolute atomic E-state index is 9.22. The Balaban J connectivity index is 0.000000352. The van der Waals surface area contributed by atoms with Gasteiger partial charge in [0.25, 0.3) is 0 Å². The first-order valence-electron chi connectivity index (χ1n) is 7.86. The summed E-state index contributed by atoms with van der Waals surface area (Å²) in [6, 6.07) is 8.26. The Morgan fingerprint density at radius 1 is 1.27 bits per heavy atom. The lowest BCUT2D eigenvalue weighted by atomic mass is 10.2. The van der Waals surface area contributed by atoms with Crippen LogP contribution >= 0.6 is 0 Å². The van der Waals surface area contributed by atoms with Crippen molar-refractivity contribution in [2.45, 2.75) is 13.1 Å². The minimum Gasteiger partial charge on any atom is -0.726 e. The number of benzene rings is 1. The van der Waals surface area contributed by atoms with Gasteiger partial charge in [-0.3, -0.25) is 4.18 Å². The van der Waals surface area contributed by atoms with Gasteiger partial charge in [0.2, 0.25) is 16.6 Å². The minimum atomic E-state index is -4.41. The topological polar surface area (TPSA) is 104 Å². The van der Waals surface area contributed by atoms with Gasteiger partial charge in [-0.15, -0.1) is 10.2 Å². The van der Waals surface area contributed by atoms with Crippen LogP contribution in [0, 0.1) is 0 Å². The molecule has 1 aliphatic rings. The second kappa shape index (κ2) is 7.96. The van der Waals surface area contributed by atoms with E-state index in [-0.39, 0.29) is 6.17 Å². The van der Waals surface area contributed by atoms with Gasteiger partial charge in [-0.1, -0.05) is 18.2 Å². The maximum Gasteiger partial charge on any atom is 0.243 e. The number of hydrogen-bond acceptors (Lipinski definition) is 7. The van der Waals surface area contributed by atoms with Crippen molar-refractivity contribution in [2.75, 3.05) is 21.2 Å². The zero-order valence-corrected chi connectivity index (χ0v) is 16.2. The van der Waals surface area contributed by atoms with Crippen LogP contribution in [0.4, 0.5) is 5.69 Å². The predicted molar refractivity (Wildman–Crippen MR) is 96.3 cm³/mol. The Morgan fingerprint density at radius 2 is 1.88 bits per heavy atom. The number of nitrogens with zero attached hydrogens (tertiary/aromatic N) is 4. The smallest absolute Gasteiger partial charge is 0.243 e. The average molecular weight is 381 g/mol. The molecule has 9 nitrogen and oxygen atoms in total. The van der Waals surface area contributed by atoms with Gasteiger partial charge in [0, 0.05) is 24.7 Å². The summed E-state index contributed by atoms with van der Waals surface area (Å²) in [7, 11) is 2.59. The summed E-state index contributed by atoms with van der Waals surface area (Å²) in [6.07, 6.45) is 4.22. The lowest BCUT2D eigenvalue weighted by Crippen LogP contribution is -3.16. The molecule has 2 aromatic rings. The molecule has 0 fully saturated rings. The number of para-hydroxylation sites is 1. The molecule has 1 N–H and O–H groups in total. The van der Waals surface area contributed by atoms with E-state index in [2.05, 4.69) is 63.2 Å². The number of hydrogen-bond donors (Lipinski definition) is 1. The number of likely N-dealkylation sites (N-methyl/N-ethyl adjacent to an activating group) is 1. The molecular formula is C16H23N5O4S. The highest BCUT2D eigenvalue weighted by molar-refractivity contribution is 7.80. The van der Waals surface area contributed by atoms with Crippen LogP contribution in [0.3, 0.4) is 0 Å². The first-order valence-corrected chi connectivity index (χ1v) is 9.19. The summed E-state index contributed by atoms with van der Waals surface area (Å²) in [5, 5.41) is 13.5. The number of aromatic nitrogens is 1. The van der Waals surface area contributed by atoms with Crippen molar-refractivity contribution in [1.29, 1.82) is 0 Å². The Bertz CT molecular complexity index is 935. The summed E-state index contributed by atoms with van der Waals surface area (Å²) in [5.41, 5.74) is 3.33. The molecule has 0 radical (unpaired) electrons. The second-order valence-corrected chi connectivity index (χ2v) is 7.04. The third kappa shape index (κ3) is 4.67. The van der Waals surface area contributed by atoms with E-state index in [4.69, 9.17) is 0 Å². The molecule has 2 unspecified atom stereocenters. The van der Waals surface area contributed by atoms with Gasteiger partial charge in [0.1, 0.15) is 5.69 Å². The van der Waals surface area contributed by atoms with Crippen molar-refractivity contribution < 1.29 is 22.2 Å². The largest absolute Gasteiger partial charge is 0.726 e. The Morgan fingerprint density at radius 3 is 2.42 bits per heavy atom. The highest BCUT2D eigenvalue weighted by Crippen LogP contribution is 2.27. The SMILES string of the molecule is CC1=CC(N=Nc2cn(C)c3ccccc23)[NH+](C)N1C.COS(=O)(=O)[O-]. The van der Waals surface area contributed by atoms with E-state index in [1.54, 1.807) is 0 Å². The molecule has 142 valence electrons. The van der Waals surface area contributed by atoms with Gasteiger partial charge in [0.15, 0.2) is 0 Å². The zero-order chi connectivity index (χ0) is 19.5. The van der Waals surface area contributed by atoms with Gasteiger partial charge in [-0.25, -0.2) is 18.4 Å². The number of fused-ring (bicyclic) bond motifs is 1. The number of allylic oxidation sites excluding steroid dienone is 1. The Kier molecular flexibility index (Phi) is 6.13. The van der Waals surface area contributed by atoms with Crippen molar-refractivity contribution in [3.8, 4) is 0 Å². The quantitative estimate of drug-likeness (QED) is 0.484. The monoisotopic (exact) mass is 381 g/mol. The molecule has 10 heteroatoms. The first-order chi connectivity index (χ1) is 12.1. The van der Waals surface area contributed by atoms with Gasteiger partial charge >= 0.3 is 0 Å². The summed E-state index contributed by atoms with van der Waals surface area (Å²) in [6.45, 7) is 2.09. The molecule has 0 saturated heterocycles. The lowest BCUT2D eigenvalue weighted by molar-refractivity contribution is -0.998. The van der Waals surface area contributed by atoms with Crippen molar-refractivity contribution >= 4 is 27.0 Å². The molecule has 0 saturated carbocycles. The minimum absolute atomic E-state index is 0.0546. The van der Waals surface area contributed by atoms with E-state index in [9.17, 15) is 13.0 Å². The van der Waals surface area contributed by atoms with E-state index in [1.165, 1.54) is 16.2 Å². The standard InChI is InChI=1S/C15H19N5.CH4O4S/c1-11-9-15(20(4)19(11)3)17-16-13-10-18(2)14-8-6-5-7-12(13)14;1-5-6(2,3)4/h5-10,15H,1-4H3;1H3,(H,2,3,4). The molecule has 0 spiro atoms. The first kappa shape index (κ1) is 20.0. The third-order valence-electron chi connectivity index (χ3n) is 4.26. The molecule has 1 aromatic carbocycles. The van der Waals surface area contributed by atoms with E-state index in [0.717, 1.165) is 18.2 Å². The fourth-order valence-electron chi connectivity index (χ4n) is 2.58. The molecule has 26 heavy (non-hydrogen) atoms. The normalized spacial score (nSPS) is 20.4. The number of nitrogens with one attached hydrogen (secondary N) is 1. The highest BCUT2D eigenvalue weighted by Gasteiger charge is 2.28.